The monoisotopic (exact) mass is 556 g/mol. The van der Waals surface area contributed by atoms with E-state index in [-0.39, 0.29) is 11.7 Å². The second-order valence-corrected chi connectivity index (χ2v) is 10.5. The summed E-state index contributed by atoms with van der Waals surface area (Å²) in [7, 11) is 1.33. The molecule has 1 N–H and O–H groups in total. The number of aromatic nitrogens is 3. The van der Waals surface area contributed by atoms with Crippen LogP contribution in [0.25, 0.3) is 0 Å². The van der Waals surface area contributed by atoms with E-state index in [2.05, 4.69) is 15.5 Å². The third-order valence-corrected chi connectivity index (χ3v) is 7.72. The molecule has 8 nitrogen and oxygen atoms in total. The molecule has 0 spiro atoms. The Labute approximate surface area is 222 Å². The van der Waals surface area contributed by atoms with Gasteiger partial charge < -0.3 is 19.4 Å². The number of thiophene rings is 1. The molecule has 1 atom stereocenters. The van der Waals surface area contributed by atoms with E-state index >= 15 is 0 Å². The maximum Gasteiger partial charge on any atom is 0.341 e. The number of rotatable bonds is 10. The zero-order valence-electron chi connectivity index (χ0n) is 20.0. The highest BCUT2D eigenvalue weighted by atomic mass is 35.5. The molecule has 0 radical (unpaired) electrons. The topological polar surface area (TPSA) is 95.3 Å². The standard InChI is InChI=1S/C23H26Cl2N4O4S2/c1-6-15-13(4)35-21(19(15)22(31)32-5)26-18(30)11-34-23-28-27-20(29(23)7-2)12(3)33-17-9-8-14(24)10-16(17)25/h8-10,12H,6-7,11H2,1-5H3,(H,26,30). The summed E-state index contributed by atoms with van der Waals surface area (Å²) in [6, 6.07) is 5.01. The zero-order chi connectivity index (χ0) is 25.7. The molecule has 0 bridgehead atoms. The van der Waals surface area contributed by atoms with Crippen LogP contribution in [0.15, 0.2) is 23.4 Å². The number of nitrogens with one attached hydrogen (secondary N) is 1. The molecule has 0 fully saturated rings. The number of nitrogens with zero attached hydrogens (tertiary/aromatic N) is 3. The second-order valence-electron chi connectivity index (χ2n) is 7.44. The first-order valence-corrected chi connectivity index (χ1v) is 13.4. The SMILES string of the molecule is CCc1c(C)sc(NC(=O)CSc2nnc(C(C)Oc3ccc(Cl)cc3Cl)n2CC)c1C(=O)OC. The third-order valence-electron chi connectivity index (χ3n) is 5.16. The van der Waals surface area contributed by atoms with Crippen LogP contribution in [-0.4, -0.2) is 39.5 Å². The van der Waals surface area contributed by atoms with Crippen LogP contribution in [0, 0.1) is 6.92 Å². The first kappa shape index (κ1) is 27.3. The number of esters is 1. The van der Waals surface area contributed by atoms with Gasteiger partial charge in [0, 0.05) is 16.4 Å². The average Bonchev–Trinajstić information content (AvgIpc) is 3.38. The second kappa shape index (κ2) is 12.1. The molecular formula is C23H26Cl2N4O4S2. The van der Waals surface area contributed by atoms with Crippen LogP contribution in [0.1, 0.15) is 53.5 Å². The van der Waals surface area contributed by atoms with Crippen LogP contribution < -0.4 is 10.1 Å². The van der Waals surface area contributed by atoms with Crippen LogP contribution >= 0.6 is 46.3 Å². The van der Waals surface area contributed by atoms with E-state index in [1.165, 1.54) is 30.2 Å². The molecular weight excluding hydrogens is 531 g/mol. The summed E-state index contributed by atoms with van der Waals surface area (Å²) in [5.41, 5.74) is 1.30. The molecule has 12 heteroatoms. The largest absolute Gasteiger partial charge is 0.481 e. The molecule has 0 aliphatic carbocycles. The van der Waals surface area contributed by atoms with Gasteiger partial charge in [-0.05, 0) is 51.0 Å². The molecule has 0 saturated carbocycles. The fraction of sp³-hybridized carbons (Fsp3) is 0.391. The number of halogens is 2. The molecule has 188 valence electrons. The van der Waals surface area contributed by atoms with Crippen molar-refractivity contribution >= 4 is 63.2 Å². The van der Waals surface area contributed by atoms with Gasteiger partial charge in [0.15, 0.2) is 17.1 Å². The minimum absolute atomic E-state index is 0.0927. The van der Waals surface area contributed by atoms with Crippen molar-refractivity contribution in [2.75, 3.05) is 18.2 Å². The lowest BCUT2D eigenvalue weighted by atomic mass is 10.1. The highest BCUT2D eigenvalue weighted by Gasteiger charge is 2.24. The maximum atomic E-state index is 12.7. The van der Waals surface area contributed by atoms with Crippen LogP contribution in [0.2, 0.25) is 10.0 Å². The fourth-order valence-corrected chi connectivity index (χ4v) is 5.93. The Hall–Kier alpha value is -2.27. The lowest BCUT2D eigenvalue weighted by Crippen LogP contribution is -2.17. The number of amides is 1. The van der Waals surface area contributed by atoms with Gasteiger partial charge in [-0.1, -0.05) is 41.9 Å². The Bertz CT molecular complexity index is 1230. The van der Waals surface area contributed by atoms with E-state index in [4.69, 9.17) is 32.7 Å². The molecule has 2 aromatic heterocycles. The van der Waals surface area contributed by atoms with Gasteiger partial charge in [0.05, 0.1) is 23.4 Å². The van der Waals surface area contributed by atoms with Gasteiger partial charge in [-0.25, -0.2) is 4.79 Å². The van der Waals surface area contributed by atoms with Crippen LogP contribution in [0.3, 0.4) is 0 Å². The van der Waals surface area contributed by atoms with Crippen molar-refractivity contribution in [2.45, 2.75) is 51.9 Å². The van der Waals surface area contributed by atoms with Gasteiger partial charge in [-0.3, -0.25) is 4.79 Å². The number of hydrogen-bond acceptors (Lipinski definition) is 8. The highest BCUT2D eigenvalue weighted by Crippen LogP contribution is 2.35. The van der Waals surface area contributed by atoms with Crippen molar-refractivity contribution in [3.63, 3.8) is 0 Å². The number of ether oxygens (including phenoxy) is 2. The maximum absolute atomic E-state index is 12.7. The normalized spacial score (nSPS) is 11.9. The predicted molar refractivity (Wildman–Crippen MR) is 140 cm³/mol. The third kappa shape index (κ3) is 6.30. The Morgan fingerprint density at radius 1 is 1.26 bits per heavy atom. The first-order chi connectivity index (χ1) is 16.7. The van der Waals surface area contributed by atoms with E-state index in [1.54, 1.807) is 18.2 Å². The molecule has 3 rings (SSSR count). The van der Waals surface area contributed by atoms with E-state index in [0.717, 1.165) is 10.4 Å². The van der Waals surface area contributed by atoms with E-state index in [1.807, 2.05) is 32.3 Å². The molecule has 0 aliphatic rings. The van der Waals surface area contributed by atoms with Gasteiger partial charge in [0.2, 0.25) is 5.91 Å². The van der Waals surface area contributed by atoms with Gasteiger partial charge in [0.1, 0.15) is 10.8 Å². The molecule has 1 unspecified atom stereocenters. The lowest BCUT2D eigenvalue weighted by molar-refractivity contribution is -0.113. The van der Waals surface area contributed by atoms with Crippen molar-refractivity contribution in [3.05, 3.63) is 50.1 Å². The molecule has 35 heavy (non-hydrogen) atoms. The van der Waals surface area contributed by atoms with Crippen molar-refractivity contribution in [1.82, 2.24) is 14.8 Å². The molecule has 2 heterocycles. The summed E-state index contributed by atoms with van der Waals surface area (Å²) in [4.78, 5) is 26.0. The number of hydrogen-bond donors (Lipinski definition) is 1. The van der Waals surface area contributed by atoms with Crippen molar-refractivity contribution in [3.8, 4) is 5.75 Å². The van der Waals surface area contributed by atoms with Crippen molar-refractivity contribution < 1.29 is 19.1 Å². The van der Waals surface area contributed by atoms with E-state index in [0.29, 0.717) is 50.3 Å². The summed E-state index contributed by atoms with van der Waals surface area (Å²) in [6.07, 6.45) is 0.231. The van der Waals surface area contributed by atoms with Gasteiger partial charge in [-0.15, -0.1) is 21.5 Å². The lowest BCUT2D eigenvalue weighted by Gasteiger charge is -2.16. The number of anilines is 1. The van der Waals surface area contributed by atoms with Crippen molar-refractivity contribution in [1.29, 1.82) is 0 Å². The number of aryl methyl sites for hydroxylation is 1. The smallest absolute Gasteiger partial charge is 0.341 e. The Morgan fingerprint density at radius 2 is 2.00 bits per heavy atom. The number of carbonyl (C=O) groups excluding carboxylic acids is 2. The fourth-order valence-electron chi connectivity index (χ4n) is 3.52. The Balaban J connectivity index is 1.70. The minimum atomic E-state index is -0.459. The number of carbonyl (C=O) groups is 2. The van der Waals surface area contributed by atoms with E-state index in [9.17, 15) is 9.59 Å². The van der Waals surface area contributed by atoms with Gasteiger partial charge >= 0.3 is 5.97 Å². The molecule has 3 aromatic rings. The Morgan fingerprint density at radius 3 is 2.63 bits per heavy atom. The number of benzene rings is 1. The molecule has 0 saturated heterocycles. The first-order valence-electron chi connectivity index (χ1n) is 10.9. The quantitative estimate of drug-likeness (QED) is 0.234. The van der Waals surface area contributed by atoms with Gasteiger partial charge in [0.25, 0.3) is 0 Å². The Kier molecular flexibility index (Phi) is 9.46. The summed E-state index contributed by atoms with van der Waals surface area (Å²) in [6.45, 7) is 8.28. The number of methoxy groups -OCH3 is 1. The van der Waals surface area contributed by atoms with E-state index < -0.39 is 12.1 Å². The average molecular weight is 558 g/mol. The summed E-state index contributed by atoms with van der Waals surface area (Å²) in [5.74, 6) is 0.473. The van der Waals surface area contributed by atoms with Crippen LogP contribution in [0.5, 0.6) is 5.75 Å². The summed E-state index contributed by atoms with van der Waals surface area (Å²) < 4.78 is 12.8. The highest BCUT2D eigenvalue weighted by molar-refractivity contribution is 7.99. The number of thioether (sulfide) groups is 1. The molecule has 0 aliphatic heterocycles. The summed E-state index contributed by atoms with van der Waals surface area (Å²) >= 11 is 14.8. The minimum Gasteiger partial charge on any atom is -0.481 e. The van der Waals surface area contributed by atoms with Gasteiger partial charge in [-0.2, -0.15) is 0 Å². The predicted octanol–water partition coefficient (Wildman–Crippen LogP) is 6.19. The van der Waals surface area contributed by atoms with Crippen LogP contribution in [0.4, 0.5) is 5.00 Å². The summed E-state index contributed by atoms with van der Waals surface area (Å²) in [5, 5.41) is 13.4. The van der Waals surface area contributed by atoms with Crippen molar-refractivity contribution in [2.24, 2.45) is 0 Å². The zero-order valence-corrected chi connectivity index (χ0v) is 23.1. The van der Waals surface area contributed by atoms with Crippen LogP contribution in [-0.2, 0) is 22.5 Å². The molecule has 1 aromatic carbocycles. The molecule has 1 amide bonds.